The number of amides is 2. The van der Waals surface area contributed by atoms with Gasteiger partial charge in [-0.05, 0) is 68.8 Å². The Morgan fingerprint density at radius 3 is 2.36 bits per heavy atom. The molecule has 1 fully saturated rings. The van der Waals surface area contributed by atoms with Crippen LogP contribution >= 0.6 is 0 Å². The van der Waals surface area contributed by atoms with Gasteiger partial charge in [0, 0.05) is 16.9 Å². The second-order valence-corrected chi connectivity index (χ2v) is 7.23. The first kappa shape index (κ1) is 20.0. The van der Waals surface area contributed by atoms with Crippen molar-refractivity contribution >= 4 is 23.2 Å². The van der Waals surface area contributed by atoms with Gasteiger partial charge in [-0.25, -0.2) is 4.39 Å². The quantitative estimate of drug-likeness (QED) is 0.813. The summed E-state index contributed by atoms with van der Waals surface area (Å²) in [4.78, 5) is 27.0. The number of rotatable bonds is 5. The molecule has 0 radical (unpaired) electrons. The summed E-state index contributed by atoms with van der Waals surface area (Å²) < 4.78 is 13.4. The summed E-state index contributed by atoms with van der Waals surface area (Å²) in [7, 11) is 0. The average Bonchev–Trinajstić information content (AvgIpc) is 2.92. The fraction of sp³-hybridized carbons (Fsp3) is 0.364. The number of hydrogen-bond donors (Lipinski definition) is 2. The standard InChI is InChI=1S/C22H26FN3O2/c1-16-9-10-17(23)13-20(16)22(28)25-19-8-6-7-18(14-19)24-21(27)15-26-11-4-2-3-5-12-26/h6-10,13-14H,2-5,11-12,15H2,1H3,(H,24,27)(H,25,28). The van der Waals surface area contributed by atoms with Crippen molar-refractivity contribution in [1.29, 1.82) is 0 Å². The zero-order valence-corrected chi connectivity index (χ0v) is 16.1. The maximum atomic E-state index is 13.4. The number of halogens is 1. The van der Waals surface area contributed by atoms with Gasteiger partial charge in [-0.2, -0.15) is 0 Å². The molecule has 0 aliphatic carbocycles. The molecular weight excluding hydrogens is 357 g/mol. The molecule has 1 aliphatic heterocycles. The zero-order valence-electron chi connectivity index (χ0n) is 16.1. The Labute approximate surface area is 164 Å². The van der Waals surface area contributed by atoms with Crippen LogP contribution in [0.4, 0.5) is 15.8 Å². The third-order valence-electron chi connectivity index (χ3n) is 4.91. The molecule has 1 heterocycles. The van der Waals surface area contributed by atoms with Crippen LogP contribution in [0.15, 0.2) is 42.5 Å². The smallest absolute Gasteiger partial charge is 0.256 e. The van der Waals surface area contributed by atoms with E-state index in [4.69, 9.17) is 0 Å². The van der Waals surface area contributed by atoms with E-state index < -0.39 is 5.82 Å². The van der Waals surface area contributed by atoms with Crippen molar-refractivity contribution in [2.45, 2.75) is 32.6 Å². The highest BCUT2D eigenvalue weighted by Crippen LogP contribution is 2.18. The number of likely N-dealkylation sites (tertiary alicyclic amines) is 1. The third kappa shape index (κ3) is 5.63. The van der Waals surface area contributed by atoms with Crippen molar-refractivity contribution < 1.29 is 14.0 Å². The van der Waals surface area contributed by atoms with Crippen LogP contribution in [0.25, 0.3) is 0 Å². The molecule has 2 N–H and O–H groups in total. The number of nitrogens with one attached hydrogen (secondary N) is 2. The van der Waals surface area contributed by atoms with Crippen LogP contribution in [0.1, 0.15) is 41.6 Å². The Kier molecular flexibility index (Phi) is 6.76. The van der Waals surface area contributed by atoms with Crippen LogP contribution in [-0.4, -0.2) is 36.3 Å². The normalized spacial score (nSPS) is 14.9. The molecule has 6 heteroatoms. The van der Waals surface area contributed by atoms with E-state index in [-0.39, 0.29) is 17.4 Å². The Bertz CT molecular complexity index is 845. The molecule has 2 aromatic rings. The fourth-order valence-electron chi connectivity index (χ4n) is 3.41. The summed E-state index contributed by atoms with van der Waals surface area (Å²) in [5, 5.41) is 5.65. The summed E-state index contributed by atoms with van der Waals surface area (Å²) in [6.07, 6.45) is 4.72. The summed E-state index contributed by atoms with van der Waals surface area (Å²) >= 11 is 0. The zero-order chi connectivity index (χ0) is 19.9. The minimum Gasteiger partial charge on any atom is -0.325 e. The monoisotopic (exact) mass is 383 g/mol. The second kappa shape index (κ2) is 9.46. The maximum absolute atomic E-state index is 13.4. The van der Waals surface area contributed by atoms with E-state index in [0.29, 0.717) is 23.5 Å². The van der Waals surface area contributed by atoms with Crippen LogP contribution in [-0.2, 0) is 4.79 Å². The third-order valence-corrected chi connectivity index (χ3v) is 4.91. The highest BCUT2D eigenvalue weighted by molar-refractivity contribution is 6.05. The van der Waals surface area contributed by atoms with Crippen molar-refractivity contribution in [3.63, 3.8) is 0 Å². The molecule has 148 valence electrons. The molecule has 0 saturated carbocycles. The van der Waals surface area contributed by atoms with Crippen LogP contribution < -0.4 is 10.6 Å². The van der Waals surface area contributed by atoms with E-state index in [0.717, 1.165) is 25.9 Å². The van der Waals surface area contributed by atoms with Crippen molar-refractivity contribution in [3.05, 3.63) is 59.4 Å². The summed E-state index contributed by atoms with van der Waals surface area (Å²) in [6.45, 7) is 4.04. The first-order valence-corrected chi connectivity index (χ1v) is 9.71. The molecule has 28 heavy (non-hydrogen) atoms. The van der Waals surface area contributed by atoms with Crippen molar-refractivity contribution in [2.75, 3.05) is 30.3 Å². The van der Waals surface area contributed by atoms with Gasteiger partial charge in [0.05, 0.1) is 6.54 Å². The molecule has 0 atom stereocenters. The van der Waals surface area contributed by atoms with E-state index in [2.05, 4.69) is 15.5 Å². The van der Waals surface area contributed by atoms with Gasteiger partial charge in [0.15, 0.2) is 0 Å². The Morgan fingerprint density at radius 2 is 1.64 bits per heavy atom. The first-order chi connectivity index (χ1) is 13.5. The Balaban J connectivity index is 1.61. The predicted molar refractivity (Wildman–Crippen MR) is 109 cm³/mol. The van der Waals surface area contributed by atoms with Gasteiger partial charge in [-0.1, -0.05) is 25.0 Å². The largest absolute Gasteiger partial charge is 0.325 e. The lowest BCUT2D eigenvalue weighted by atomic mass is 10.1. The molecule has 3 rings (SSSR count). The second-order valence-electron chi connectivity index (χ2n) is 7.23. The van der Waals surface area contributed by atoms with Gasteiger partial charge in [-0.15, -0.1) is 0 Å². The molecule has 0 aromatic heterocycles. The molecule has 5 nitrogen and oxygen atoms in total. The minimum atomic E-state index is -0.453. The van der Waals surface area contributed by atoms with E-state index in [9.17, 15) is 14.0 Å². The van der Waals surface area contributed by atoms with Crippen molar-refractivity contribution in [1.82, 2.24) is 4.90 Å². The predicted octanol–water partition coefficient (Wildman–Crippen LogP) is 4.20. The summed E-state index contributed by atoms with van der Waals surface area (Å²) in [6, 6.07) is 11.1. The molecule has 0 spiro atoms. The highest BCUT2D eigenvalue weighted by Gasteiger charge is 2.14. The van der Waals surface area contributed by atoms with E-state index >= 15 is 0 Å². The van der Waals surface area contributed by atoms with Gasteiger partial charge in [0.25, 0.3) is 5.91 Å². The number of carbonyl (C=O) groups excluding carboxylic acids is 2. The fourth-order valence-corrected chi connectivity index (χ4v) is 3.41. The number of anilines is 2. The van der Waals surface area contributed by atoms with Gasteiger partial charge in [0.2, 0.25) is 5.91 Å². The van der Waals surface area contributed by atoms with Crippen LogP contribution in [0, 0.1) is 12.7 Å². The molecule has 0 unspecified atom stereocenters. The molecule has 1 saturated heterocycles. The Morgan fingerprint density at radius 1 is 0.964 bits per heavy atom. The molecule has 2 amide bonds. The molecule has 0 bridgehead atoms. The number of carbonyl (C=O) groups is 2. The summed E-state index contributed by atoms with van der Waals surface area (Å²) in [5.74, 6) is -0.901. The lowest BCUT2D eigenvalue weighted by Crippen LogP contribution is -2.33. The maximum Gasteiger partial charge on any atom is 0.256 e. The van der Waals surface area contributed by atoms with Crippen molar-refractivity contribution in [2.24, 2.45) is 0 Å². The van der Waals surface area contributed by atoms with E-state index in [1.54, 1.807) is 37.3 Å². The van der Waals surface area contributed by atoms with Crippen LogP contribution in [0.2, 0.25) is 0 Å². The van der Waals surface area contributed by atoms with Crippen LogP contribution in [0.5, 0.6) is 0 Å². The van der Waals surface area contributed by atoms with E-state index in [1.807, 2.05) is 0 Å². The average molecular weight is 383 g/mol. The number of benzene rings is 2. The number of nitrogens with zero attached hydrogens (tertiary/aromatic N) is 1. The van der Waals surface area contributed by atoms with Crippen LogP contribution in [0.3, 0.4) is 0 Å². The van der Waals surface area contributed by atoms with Gasteiger partial charge in [-0.3, -0.25) is 14.5 Å². The van der Waals surface area contributed by atoms with Gasteiger partial charge in [0.1, 0.15) is 5.82 Å². The minimum absolute atomic E-state index is 0.0636. The summed E-state index contributed by atoms with van der Waals surface area (Å²) in [5.41, 5.74) is 2.14. The van der Waals surface area contributed by atoms with Gasteiger partial charge >= 0.3 is 0 Å². The lowest BCUT2D eigenvalue weighted by Gasteiger charge is -2.19. The molecule has 2 aromatic carbocycles. The first-order valence-electron chi connectivity index (χ1n) is 9.71. The number of aryl methyl sites for hydroxylation is 1. The molecular formula is C22H26FN3O2. The lowest BCUT2D eigenvalue weighted by molar-refractivity contribution is -0.117. The molecule has 1 aliphatic rings. The van der Waals surface area contributed by atoms with E-state index in [1.165, 1.54) is 25.0 Å². The van der Waals surface area contributed by atoms with Gasteiger partial charge < -0.3 is 10.6 Å². The number of hydrogen-bond acceptors (Lipinski definition) is 3. The Hall–Kier alpha value is -2.73. The topological polar surface area (TPSA) is 61.4 Å². The SMILES string of the molecule is Cc1ccc(F)cc1C(=O)Nc1cccc(NC(=O)CN2CCCCCC2)c1. The van der Waals surface area contributed by atoms with Crippen molar-refractivity contribution in [3.8, 4) is 0 Å². The highest BCUT2D eigenvalue weighted by atomic mass is 19.1.